The zero-order valence-corrected chi connectivity index (χ0v) is 12.5. The van der Waals surface area contributed by atoms with Crippen LogP contribution in [0.3, 0.4) is 0 Å². The molecule has 0 aliphatic carbocycles. The molecule has 1 aromatic rings. The molecule has 1 aliphatic rings. The lowest BCUT2D eigenvalue weighted by Gasteiger charge is -2.34. The Morgan fingerprint density at radius 2 is 2.05 bits per heavy atom. The average Bonchev–Trinajstić information content (AvgIpc) is 2.47. The summed E-state index contributed by atoms with van der Waals surface area (Å²) >= 11 is 0. The van der Waals surface area contributed by atoms with E-state index in [9.17, 15) is 4.79 Å². The first-order valence-corrected chi connectivity index (χ1v) is 7.19. The summed E-state index contributed by atoms with van der Waals surface area (Å²) in [6, 6.07) is 2.38. The van der Waals surface area contributed by atoms with Crippen LogP contribution < -0.4 is 10.2 Å². The Balaban J connectivity index is 1.99. The predicted octanol–water partition coefficient (Wildman–Crippen LogP) is 1.36. The number of anilines is 2. The molecule has 1 aromatic heterocycles. The second kappa shape index (κ2) is 6.54. The van der Waals surface area contributed by atoms with Gasteiger partial charge in [0.2, 0.25) is 5.91 Å². The first-order valence-electron chi connectivity index (χ1n) is 7.19. The lowest BCUT2D eigenvalue weighted by Crippen LogP contribution is -2.48. The molecular weight excluding hydrogens is 254 g/mol. The van der Waals surface area contributed by atoms with Gasteiger partial charge < -0.3 is 15.1 Å². The van der Waals surface area contributed by atoms with Gasteiger partial charge in [-0.25, -0.2) is 9.97 Å². The third-order valence-electron chi connectivity index (χ3n) is 3.71. The molecule has 1 unspecified atom stereocenters. The number of piperazine rings is 1. The van der Waals surface area contributed by atoms with Gasteiger partial charge in [-0.05, 0) is 13.3 Å². The Kier molecular flexibility index (Phi) is 4.76. The van der Waals surface area contributed by atoms with Crippen LogP contribution in [0.15, 0.2) is 12.4 Å². The molecular formula is C14H23N5O. The summed E-state index contributed by atoms with van der Waals surface area (Å²) in [4.78, 5) is 24.0. The van der Waals surface area contributed by atoms with Crippen LogP contribution in [-0.4, -0.2) is 53.0 Å². The van der Waals surface area contributed by atoms with Crippen molar-refractivity contribution in [1.29, 1.82) is 0 Å². The van der Waals surface area contributed by atoms with Crippen molar-refractivity contribution in [2.75, 3.05) is 36.4 Å². The highest BCUT2D eigenvalue weighted by Gasteiger charge is 2.19. The Labute approximate surface area is 120 Å². The summed E-state index contributed by atoms with van der Waals surface area (Å²) in [5, 5.41) is 3.36. The summed E-state index contributed by atoms with van der Waals surface area (Å²) < 4.78 is 0. The van der Waals surface area contributed by atoms with E-state index >= 15 is 0 Å². The smallest absolute Gasteiger partial charge is 0.219 e. The van der Waals surface area contributed by atoms with E-state index in [1.54, 1.807) is 13.3 Å². The highest BCUT2D eigenvalue weighted by atomic mass is 16.2. The van der Waals surface area contributed by atoms with E-state index in [1.165, 1.54) is 0 Å². The molecule has 0 spiro atoms. The molecule has 110 valence electrons. The molecule has 1 N–H and O–H groups in total. The van der Waals surface area contributed by atoms with Crippen LogP contribution in [0.5, 0.6) is 0 Å². The fourth-order valence-corrected chi connectivity index (χ4v) is 2.20. The van der Waals surface area contributed by atoms with Crippen LogP contribution in [0.25, 0.3) is 0 Å². The molecule has 1 aliphatic heterocycles. The Bertz CT molecular complexity index is 457. The third kappa shape index (κ3) is 3.59. The second-order valence-electron chi connectivity index (χ2n) is 5.21. The standard InChI is InChI=1S/C14H23N5O/c1-4-11(2)17-13-9-14(16-10-15-13)19-7-5-18(6-8-19)12(3)20/h9-11H,4-8H2,1-3H3,(H,15,16,17). The molecule has 6 heteroatoms. The minimum absolute atomic E-state index is 0.145. The van der Waals surface area contributed by atoms with Crippen molar-refractivity contribution >= 4 is 17.5 Å². The van der Waals surface area contributed by atoms with Gasteiger partial charge in [0.25, 0.3) is 0 Å². The van der Waals surface area contributed by atoms with Crippen molar-refractivity contribution in [1.82, 2.24) is 14.9 Å². The number of carbonyl (C=O) groups excluding carboxylic acids is 1. The van der Waals surface area contributed by atoms with Crippen LogP contribution in [0.2, 0.25) is 0 Å². The minimum atomic E-state index is 0.145. The van der Waals surface area contributed by atoms with Crippen molar-refractivity contribution < 1.29 is 4.79 Å². The van der Waals surface area contributed by atoms with Gasteiger partial charge in [-0.15, -0.1) is 0 Å². The van der Waals surface area contributed by atoms with Crippen LogP contribution in [0.1, 0.15) is 27.2 Å². The van der Waals surface area contributed by atoms with Crippen molar-refractivity contribution in [3.63, 3.8) is 0 Å². The number of carbonyl (C=O) groups is 1. The normalized spacial score (nSPS) is 16.9. The fraction of sp³-hybridized carbons (Fsp3) is 0.643. The zero-order chi connectivity index (χ0) is 14.5. The molecule has 1 amide bonds. The number of hydrogen-bond donors (Lipinski definition) is 1. The highest BCUT2D eigenvalue weighted by molar-refractivity contribution is 5.73. The quantitative estimate of drug-likeness (QED) is 0.900. The fourth-order valence-electron chi connectivity index (χ4n) is 2.20. The van der Waals surface area contributed by atoms with Crippen LogP contribution in [0, 0.1) is 0 Å². The summed E-state index contributed by atoms with van der Waals surface area (Å²) in [6.07, 6.45) is 2.65. The van der Waals surface area contributed by atoms with E-state index in [1.807, 2.05) is 11.0 Å². The summed E-state index contributed by atoms with van der Waals surface area (Å²) in [7, 11) is 0. The van der Waals surface area contributed by atoms with E-state index < -0.39 is 0 Å². The predicted molar refractivity (Wildman–Crippen MR) is 79.9 cm³/mol. The van der Waals surface area contributed by atoms with E-state index in [-0.39, 0.29) is 5.91 Å². The van der Waals surface area contributed by atoms with Gasteiger partial charge in [0, 0.05) is 45.2 Å². The van der Waals surface area contributed by atoms with Crippen molar-refractivity contribution in [3.8, 4) is 0 Å². The molecule has 0 bridgehead atoms. The van der Waals surface area contributed by atoms with Gasteiger partial charge in [-0.2, -0.15) is 0 Å². The maximum atomic E-state index is 11.3. The molecule has 2 rings (SSSR count). The molecule has 20 heavy (non-hydrogen) atoms. The maximum Gasteiger partial charge on any atom is 0.219 e. The summed E-state index contributed by atoms with van der Waals surface area (Å²) in [6.45, 7) is 9.04. The largest absolute Gasteiger partial charge is 0.367 e. The molecule has 0 aromatic carbocycles. The first-order chi connectivity index (χ1) is 9.60. The minimum Gasteiger partial charge on any atom is -0.367 e. The molecule has 0 radical (unpaired) electrons. The first kappa shape index (κ1) is 14.6. The van der Waals surface area contributed by atoms with Gasteiger partial charge in [-0.3, -0.25) is 4.79 Å². The van der Waals surface area contributed by atoms with E-state index in [0.29, 0.717) is 6.04 Å². The number of nitrogens with one attached hydrogen (secondary N) is 1. The second-order valence-corrected chi connectivity index (χ2v) is 5.21. The molecule has 1 saturated heterocycles. The van der Waals surface area contributed by atoms with E-state index in [2.05, 4.69) is 34.0 Å². The van der Waals surface area contributed by atoms with Gasteiger partial charge in [0.1, 0.15) is 18.0 Å². The number of rotatable bonds is 4. The number of nitrogens with zero attached hydrogens (tertiary/aromatic N) is 4. The number of aromatic nitrogens is 2. The molecule has 1 fully saturated rings. The van der Waals surface area contributed by atoms with Crippen molar-refractivity contribution in [2.45, 2.75) is 33.2 Å². The topological polar surface area (TPSA) is 61.4 Å². The SMILES string of the molecule is CCC(C)Nc1cc(N2CCN(C(C)=O)CC2)ncn1. The van der Waals surface area contributed by atoms with E-state index in [0.717, 1.165) is 44.2 Å². The highest BCUT2D eigenvalue weighted by Crippen LogP contribution is 2.17. The Hall–Kier alpha value is -1.85. The van der Waals surface area contributed by atoms with Crippen molar-refractivity contribution in [2.24, 2.45) is 0 Å². The van der Waals surface area contributed by atoms with Crippen LogP contribution in [0.4, 0.5) is 11.6 Å². The molecule has 0 saturated carbocycles. The van der Waals surface area contributed by atoms with Gasteiger partial charge in [0.05, 0.1) is 0 Å². The number of hydrogen-bond acceptors (Lipinski definition) is 5. The maximum absolute atomic E-state index is 11.3. The zero-order valence-electron chi connectivity index (χ0n) is 12.5. The third-order valence-corrected chi connectivity index (χ3v) is 3.71. The van der Waals surface area contributed by atoms with Gasteiger partial charge in [0.15, 0.2) is 0 Å². The van der Waals surface area contributed by atoms with Gasteiger partial charge in [-0.1, -0.05) is 6.92 Å². The van der Waals surface area contributed by atoms with Crippen LogP contribution in [-0.2, 0) is 4.79 Å². The number of amides is 1. The van der Waals surface area contributed by atoms with Gasteiger partial charge >= 0.3 is 0 Å². The Morgan fingerprint density at radius 1 is 1.35 bits per heavy atom. The molecule has 1 atom stereocenters. The lowest BCUT2D eigenvalue weighted by atomic mass is 10.2. The summed E-state index contributed by atoms with van der Waals surface area (Å²) in [5.74, 6) is 1.93. The Morgan fingerprint density at radius 3 is 2.65 bits per heavy atom. The monoisotopic (exact) mass is 277 g/mol. The van der Waals surface area contributed by atoms with E-state index in [4.69, 9.17) is 0 Å². The van der Waals surface area contributed by atoms with Crippen LogP contribution >= 0.6 is 0 Å². The average molecular weight is 277 g/mol. The molecule has 6 nitrogen and oxygen atoms in total. The lowest BCUT2D eigenvalue weighted by molar-refractivity contribution is -0.129. The van der Waals surface area contributed by atoms with Crippen molar-refractivity contribution in [3.05, 3.63) is 12.4 Å². The summed E-state index contributed by atoms with van der Waals surface area (Å²) in [5.41, 5.74) is 0. The molecule has 2 heterocycles.